The first kappa shape index (κ1) is 25.2. The van der Waals surface area contributed by atoms with E-state index in [1.165, 1.54) is 0 Å². The lowest BCUT2D eigenvalue weighted by atomic mass is 9.85. The second-order valence-electron chi connectivity index (χ2n) is 8.76. The van der Waals surface area contributed by atoms with E-state index in [1.807, 2.05) is 70.2 Å². The van der Waals surface area contributed by atoms with E-state index in [0.29, 0.717) is 18.4 Å². The number of halogens is 1. The summed E-state index contributed by atoms with van der Waals surface area (Å²) in [4.78, 5) is 12.9. The zero-order chi connectivity index (χ0) is 23.1. The van der Waals surface area contributed by atoms with Gasteiger partial charge in [-0.3, -0.25) is 0 Å². The molecular weight excluding hydrogens is 413 g/mol. The largest absolute Gasteiger partial charge is 0.464 e. The summed E-state index contributed by atoms with van der Waals surface area (Å²) in [5.41, 5.74) is 0.301. The number of carbonyl (C=O) groups excluding carboxylic acids is 1. The number of rotatable bonds is 10. The molecule has 0 aliphatic rings. The van der Waals surface area contributed by atoms with Gasteiger partial charge in [-0.25, -0.2) is 18.1 Å². The Labute approximate surface area is 188 Å². The Kier molecular flexibility index (Phi) is 8.95. The number of hydrogen-bond donors (Lipinski definition) is 1. The molecule has 170 valence electrons. The van der Waals surface area contributed by atoms with Crippen molar-refractivity contribution in [3.8, 4) is 0 Å². The molecule has 0 spiro atoms. The molecule has 0 amide bonds. The highest BCUT2D eigenvalue weighted by atomic mass is 32.2. The molecule has 2 rings (SSSR count). The number of hydrogen-bond acceptors (Lipinski definition) is 3. The van der Waals surface area contributed by atoms with E-state index in [2.05, 4.69) is 4.72 Å². The highest BCUT2D eigenvalue weighted by Gasteiger charge is 2.49. The standard InChI is InChI=1S/C25H34FNO3S/c1-6-30-23(28)25(26,18-10-13-20-11-8-7-9-12-20)22(27-31(29)24(3,4)5)21-16-14-19(2)15-17-21/h7-9,11-12,14-17,22,27H,6,10,13,18H2,1-5H3/t22-,25+,31?/m0/s1. The molecule has 2 aromatic rings. The van der Waals surface area contributed by atoms with Crippen LogP contribution in [0.4, 0.5) is 4.39 Å². The third-order valence-electron chi connectivity index (χ3n) is 5.11. The van der Waals surface area contributed by atoms with E-state index in [0.717, 1.165) is 11.1 Å². The minimum absolute atomic E-state index is 0.0480. The van der Waals surface area contributed by atoms with Crippen LogP contribution >= 0.6 is 0 Å². The molecule has 6 heteroatoms. The molecule has 0 heterocycles. The molecule has 0 aromatic heterocycles. The normalized spacial score (nSPS) is 15.7. The van der Waals surface area contributed by atoms with Gasteiger partial charge in [0.1, 0.15) is 0 Å². The molecule has 4 nitrogen and oxygen atoms in total. The molecule has 0 aliphatic carbocycles. The first-order chi connectivity index (χ1) is 14.6. The second-order valence-corrected chi connectivity index (χ2v) is 10.8. The highest BCUT2D eigenvalue weighted by molar-refractivity contribution is 7.84. The third-order valence-corrected chi connectivity index (χ3v) is 6.68. The molecule has 0 radical (unpaired) electrons. The lowest BCUT2D eigenvalue weighted by Crippen LogP contribution is -2.50. The van der Waals surface area contributed by atoms with E-state index in [1.54, 1.807) is 19.1 Å². The Morgan fingerprint density at radius 1 is 1.10 bits per heavy atom. The van der Waals surface area contributed by atoms with Gasteiger partial charge in [0.05, 0.1) is 28.4 Å². The summed E-state index contributed by atoms with van der Waals surface area (Å²) in [6.07, 6.45) is 1.04. The van der Waals surface area contributed by atoms with E-state index >= 15 is 4.39 Å². The zero-order valence-corrected chi connectivity index (χ0v) is 19.9. The maximum Gasteiger partial charge on any atom is 0.345 e. The summed E-state index contributed by atoms with van der Waals surface area (Å²) in [6.45, 7) is 9.09. The number of ether oxygens (including phenoxy) is 1. The van der Waals surface area contributed by atoms with Crippen LogP contribution in [-0.2, 0) is 26.9 Å². The van der Waals surface area contributed by atoms with Crippen LogP contribution in [0.3, 0.4) is 0 Å². The number of aryl methyl sites for hydroxylation is 2. The fourth-order valence-corrected chi connectivity index (χ4v) is 4.17. The van der Waals surface area contributed by atoms with Crippen LogP contribution in [0.15, 0.2) is 54.6 Å². The van der Waals surface area contributed by atoms with Gasteiger partial charge in [-0.2, -0.15) is 0 Å². The lowest BCUT2D eigenvalue weighted by Gasteiger charge is -2.34. The van der Waals surface area contributed by atoms with E-state index in [4.69, 9.17) is 4.74 Å². The van der Waals surface area contributed by atoms with E-state index in [-0.39, 0.29) is 13.0 Å². The van der Waals surface area contributed by atoms with Crippen LogP contribution in [-0.4, -0.2) is 27.2 Å². The number of alkyl halides is 1. The maximum absolute atomic E-state index is 16.6. The van der Waals surface area contributed by atoms with Crippen LogP contribution in [0.25, 0.3) is 0 Å². The van der Waals surface area contributed by atoms with Crippen molar-refractivity contribution in [2.24, 2.45) is 0 Å². The topological polar surface area (TPSA) is 55.4 Å². The van der Waals surface area contributed by atoms with Gasteiger partial charge >= 0.3 is 5.97 Å². The SMILES string of the molecule is CCOC(=O)[C@@](F)(CCCc1ccccc1)[C@@H](NS(=O)C(C)(C)C)c1ccc(C)cc1. The van der Waals surface area contributed by atoms with Gasteiger partial charge in [-0.1, -0.05) is 60.2 Å². The number of esters is 1. The van der Waals surface area contributed by atoms with Crippen molar-refractivity contribution in [3.63, 3.8) is 0 Å². The molecular formula is C25H34FNO3S. The predicted molar refractivity (Wildman–Crippen MR) is 125 cm³/mol. The summed E-state index contributed by atoms with van der Waals surface area (Å²) < 4.78 is 37.0. The minimum atomic E-state index is -2.36. The molecule has 2 aromatic carbocycles. The zero-order valence-electron chi connectivity index (χ0n) is 19.1. The Balaban J connectivity index is 2.39. The van der Waals surface area contributed by atoms with Gasteiger partial charge in [0.2, 0.25) is 5.67 Å². The summed E-state index contributed by atoms with van der Waals surface area (Å²) in [5, 5.41) is 0. The van der Waals surface area contributed by atoms with Crippen molar-refractivity contribution < 1.29 is 18.1 Å². The average Bonchev–Trinajstić information content (AvgIpc) is 2.72. The number of carbonyl (C=O) groups is 1. The Morgan fingerprint density at radius 3 is 2.26 bits per heavy atom. The second kappa shape index (κ2) is 11.0. The smallest absolute Gasteiger partial charge is 0.345 e. The molecule has 1 unspecified atom stereocenters. The maximum atomic E-state index is 16.6. The molecule has 0 bridgehead atoms. The fraction of sp³-hybridized carbons (Fsp3) is 0.480. The lowest BCUT2D eigenvalue weighted by molar-refractivity contribution is -0.160. The van der Waals surface area contributed by atoms with Gasteiger partial charge in [0, 0.05) is 0 Å². The molecule has 31 heavy (non-hydrogen) atoms. The van der Waals surface area contributed by atoms with Gasteiger partial charge in [-0.05, 0) is 65.0 Å². The number of nitrogens with one attached hydrogen (secondary N) is 1. The van der Waals surface area contributed by atoms with Crippen molar-refractivity contribution in [3.05, 3.63) is 71.3 Å². The summed E-state index contributed by atoms with van der Waals surface area (Å²) >= 11 is 0. The highest BCUT2D eigenvalue weighted by Crippen LogP contribution is 2.37. The molecule has 3 atom stereocenters. The van der Waals surface area contributed by atoms with Crippen molar-refractivity contribution in [1.82, 2.24) is 4.72 Å². The third kappa shape index (κ3) is 6.97. The molecule has 0 aliphatic heterocycles. The van der Waals surface area contributed by atoms with Crippen molar-refractivity contribution in [2.75, 3.05) is 6.61 Å². The van der Waals surface area contributed by atoms with Crippen LogP contribution in [0.2, 0.25) is 0 Å². The van der Waals surface area contributed by atoms with Crippen LogP contribution in [0.1, 0.15) is 63.3 Å². The van der Waals surface area contributed by atoms with Gasteiger partial charge in [0.25, 0.3) is 0 Å². The Morgan fingerprint density at radius 2 is 1.71 bits per heavy atom. The van der Waals surface area contributed by atoms with Crippen LogP contribution in [0, 0.1) is 6.92 Å². The molecule has 0 saturated carbocycles. The van der Waals surface area contributed by atoms with Gasteiger partial charge in [0.15, 0.2) is 0 Å². The van der Waals surface area contributed by atoms with E-state index in [9.17, 15) is 9.00 Å². The van der Waals surface area contributed by atoms with Crippen molar-refractivity contribution >= 4 is 17.0 Å². The van der Waals surface area contributed by atoms with Crippen molar-refractivity contribution in [1.29, 1.82) is 0 Å². The number of benzene rings is 2. The molecule has 0 saturated heterocycles. The Bertz CT molecular complexity index is 865. The first-order valence-electron chi connectivity index (χ1n) is 10.7. The monoisotopic (exact) mass is 447 g/mol. The summed E-state index contributed by atoms with van der Waals surface area (Å²) in [7, 11) is -1.58. The quantitative estimate of drug-likeness (QED) is 0.497. The predicted octanol–water partition coefficient (Wildman–Crippen LogP) is 5.38. The van der Waals surface area contributed by atoms with Gasteiger partial charge < -0.3 is 4.74 Å². The van der Waals surface area contributed by atoms with Crippen LogP contribution < -0.4 is 4.72 Å². The molecule has 1 N–H and O–H groups in total. The molecule has 0 fully saturated rings. The van der Waals surface area contributed by atoms with Crippen LogP contribution in [0.5, 0.6) is 0 Å². The first-order valence-corrected chi connectivity index (χ1v) is 11.9. The minimum Gasteiger partial charge on any atom is -0.464 e. The van der Waals surface area contributed by atoms with E-state index < -0.39 is 33.4 Å². The van der Waals surface area contributed by atoms with Crippen molar-refractivity contribution in [2.45, 2.75) is 70.3 Å². The van der Waals surface area contributed by atoms with Gasteiger partial charge in [-0.15, -0.1) is 0 Å². The summed E-state index contributed by atoms with van der Waals surface area (Å²) in [5.74, 6) is -0.924. The summed E-state index contributed by atoms with van der Waals surface area (Å²) in [6, 6.07) is 15.9. The Hall–Kier alpha value is -2.05. The average molecular weight is 448 g/mol. The fourth-order valence-electron chi connectivity index (χ4n) is 3.28.